The summed E-state index contributed by atoms with van der Waals surface area (Å²) in [5.41, 5.74) is 0.900. The lowest BCUT2D eigenvalue weighted by Crippen LogP contribution is -2.43. The van der Waals surface area contributed by atoms with Gasteiger partial charge in [-0.05, 0) is 47.0 Å². The summed E-state index contributed by atoms with van der Waals surface area (Å²) in [6, 6.07) is 5.24. The van der Waals surface area contributed by atoms with E-state index in [2.05, 4.69) is 36.3 Å². The van der Waals surface area contributed by atoms with Crippen LogP contribution in [0.1, 0.15) is 12.0 Å². The fourth-order valence-electron chi connectivity index (χ4n) is 1.91. The third-order valence-corrected chi connectivity index (χ3v) is 5.44. The Morgan fingerprint density at radius 3 is 2.82 bits per heavy atom. The first-order valence-electron chi connectivity index (χ1n) is 6.77. The molecule has 9 heteroatoms. The second kappa shape index (κ2) is 9.04. The van der Waals surface area contributed by atoms with Gasteiger partial charge in [-0.25, -0.2) is 13.1 Å². The minimum atomic E-state index is -3.51. The van der Waals surface area contributed by atoms with Crippen LogP contribution in [0.3, 0.4) is 0 Å². The normalized spacial score (nSPS) is 14.5. The van der Waals surface area contributed by atoms with Gasteiger partial charge in [-0.1, -0.05) is 6.07 Å². The van der Waals surface area contributed by atoms with E-state index in [1.54, 1.807) is 12.1 Å². The van der Waals surface area contributed by atoms with E-state index in [1.165, 1.54) is 0 Å². The molecule has 0 amide bonds. The summed E-state index contributed by atoms with van der Waals surface area (Å²) in [4.78, 5) is 4.52. The third-order valence-electron chi connectivity index (χ3n) is 2.98. The molecule has 0 bridgehead atoms. The lowest BCUT2D eigenvalue weighted by molar-refractivity contribution is 0.579. The Morgan fingerprint density at radius 2 is 2.14 bits per heavy atom. The number of hydrogen-bond donors (Lipinski definition) is 3. The van der Waals surface area contributed by atoms with E-state index in [9.17, 15) is 8.42 Å². The summed E-state index contributed by atoms with van der Waals surface area (Å²) < 4.78 is 27.6. The Balaban J connectivity index is 0.00000242. The Hall–Kier alpha value is -0.390. The van der Waals surface area contributed by atoms with E-state index in [1.807, 2.05) is 13.0 Å². The van der Waals surface area contributed by atoms with Gasteiger partial charge in [0.25, 0.3) is 0 Å². The van der Waals surface area contributed by atoms with Crippen molar-refractivity contribution >= 4 is 55.9 Å². The van der Waals surface area contributed by atoms with Crippen molar-refractivity contribution in [2.75, 3.05) is 26.2 Å². The van der Waals surface area contributed by atoms with Crippen LogP contribution < -0.4 is 15.4 Å². The molecule has 6 nitrogen and oxygen atoms in total. The molecule has 0 unspecified atom stereocenters. The zero-order chi connectivity index (χ0) is 15.3. The summed E-state index contributed by atoms with van der Waals surface area (Å²) in [5, 5.41) is 6.19. The molecular weight excluding hydrogens is 483 g/mol. The van der Waals surface area contributed by atoms with Gasteiger partial charge in [-0.2, -0.15) is 0 Å². The van der Waals surface area contributed by atoms with Crippen LogP contribution in [-0.4, -0.2) is 40.6 Å². The van der Waals surface area contributed by atoms with E-state index >= 15 is 0 Å². The fourth-order valence-corrected chi connectivity index (χ4v) is 3.99. The predicted octanol–water partition coefficient (Wildman–Crippen LogP) is 1.59. The van der Waals surface area contributed by atoms with Crippen LogP contribution in [-0.2, 0) is 10.0 Å². The largest absolute Gasteiger partial charge is 0.356 e. The summed E-state index contributed by atoms with van der Waals surface area (Å²) in [7, 11) is -3.51. The monoisotopic (exact) mass is 502 g/mol. The van der Waals surface area contributed by atoms with Crippen molar-refractivity contribution in [2.45, 2.75) is 18.2 Å². The van der Waals surface area contributed by atoms with Crippen LogP contribution >= 0.6 is 39.9 Å². The van der Waals surface area contributed by atoms with Gasteiger partial charge in [0.05, 0.1) is 4.90 Å². The van der Waals surface area contributed by atoms with Gasteiger partial charge in [0.1, 0.15) is 0 Å². The fraction of sp³-hybridized carbons (Fsp3) is 0.462. The quantitative estimate of drug-likeness (QED) is 0.422. The number of rotatable bonds is 5. The zero-order valence-electron chi connectivity index (χ0n) is 12.2. The highest BCUT2D eigenvalue weighted by molar-refractivity contribution is 14.0. The number of aliphatic imine (C=N–C) groups is 1. The second-order valence-corrected chi connectivity index (χ2v) is 7.36. The minimum absolute atomic E-state index is 0. The third kappa shape index (κ3) is 5.67. The molecule has 1 aromatic carbocycles. The maximum Gasteiger partial charge on any atom is 0.241 e. The van der Waals surface area contributed by atoms with Crippen molar-refractivity contribution in [2.24, 2.45) is 4.99 Å². The zero-order valence-corrected chi connectivity index (χ0v) is 17.0. The molecule has 3 N–H and O–H groups in total. The van der Waals surface area contributed by atoms with E-state index in [0.29, 0.717) is 17.6 Å². The smallest absolute Gasteiger partial charge is 0.241 e. The molecule has 1 heterocycles. The topological polar surface area (TPSA) is 82.6 Å². The maximum absolute atomic E-state index is 12.2. The van der Waals surface area contributed by atoms with Gasteiger partial charge in [0.15, 0.2) is 5.96 Å². The number of benzene rings is 1. The number of hydrogen-bond acceptors (Lipinski definition) is 5. The highest BCUT2D eigenvalue weighted by atomic mass is 127. The molecule has 0 atom stereocenters. The standard InChI is InChI=1S/C13H19BrN4O2S.HI/c1-10-3-4-11(14)12(9-10)21(19,20)18-8-7-17-13-15-5-2-6-16-13;/h3-4,9,18H,2,5-8H2,1H3,(H2,15,16,17);1H. The molecular formula is C13H20BrIN4O2S. The highest BCUT2D eigenvalue weighted by Crippen LogP contribution is 2.22. The van der Waals surface area contributed by atoms with Crippen LogP contribution in [0.25, 0.3) is 0 Å². The molecule has 0 radical (unpaired) electrons. The van der Waals surface area contributed by atoms with Gasteiger partial charge >= 0.3 is 0 Å². The van der Waals surface area contributed by atoms with Crippen molar-refractivity contribution in [1.82, 2.24) is 15.4 Å². The molecule has 2 rings (SSSR count). The van der Waals surface area contributed by atoms with Crippen LogP contribution in [0.5, 0.6) is 0 Å². The number of guanidine groups is 1. The van der Waals surface area contributed by atoms with E-state index in [4.69, 9.17) is 0 Å². The predicted molar refractivity (Wildman–Crippen MR) is 102 cm³/mol. The molecule has 0 fully saturated rings. The Kier molecular flexibility index (Phi) is 8.08. The van der Waals surface area contributed by atoms with Crippen LogP contribution in [0.15, 0.2) is 32.6 Å². The minimum Gasteiger partial charge on any atom is -0.356 e. The first-order chi connectivity index (χ1) is 9.99. The average molecular weight is 503 g/mol. The average Bonchev–Trinajstić information content (AvgIpc) is 2.47. The van der Waals surface area contributed by atoms with Crippen LogP contribution in [0, 0.1) is 6.92 Å². The van der Waals surface area contributed by atoms with E-state index < -0.39 is 10.0 Å². The summed E-state index contributed by atoms with van der Waals surface area (Å²) >= 11 is 3.27. The highest BCUT2D eigenvalue weighted by Gasteiger charge is 2.17. The number of halogens is 2. The van der Waals surface area contributed by atoms with E-state index in [-0.39, 0.29) is 28.9 Å². The first kappa shape index (κ1) is 19.7. The molecule has 1 aromatic rings. The summed E-state index contributed by atoms with van der Waals surface area (Å²) in [6.45, 7) is 4.34. The second-order valence-electron chi connectivity index (χ2n) is 4.77. The molecule has 22 heavy (non-hydrogen) atoms. The SMILES string of the molecule is Cc1ccc(Br)c(S(=O)(=O)NCCNC2=NCCCN2)c1.I. The molecule has 0 saturated heterocycles. The van der Waals surface area contributed by atoms with E-state index in [0.717, 1.165) is 31.0 Å². The lowest BCUT2D eigenvalue weighted by Gasteiger charge is -2.16. The van der Waals surface area contributed by atoms with Crippen molar-refractivity contribution < 1.29 is 8.42 Å². The molecule has 0 aliphatic carbocycles. The number of nitrogens with zero attached hydrogens (tertiary/aromatic N) is 1. The Labute approximate surface area is 156 Å². The number of sulfonamides is 1. The van der Waals surface area contributed by atoms with Crippen molar-refractivity contribution in [3.05, 3.63) is 28.2 Å². The Bertz CT molecular complexity index is 637. The van der Waals surface area contributed by atoms with Crippen molar-refractivity contribution in [3.8, 4) is 0 Å². The molecule has 0 saturated carbocycles. The summed E-state index contributed by atoms with van der Waals surface area (Å²) in [6.07, 6.45) is 1.03. The molecule has 124 valence electrons. The number of aryl methyl sites for hydroxylation is 1. The molecule has 0 aromatic heterocycles. The van der Waals surface area contributed by atoms with Gasteiger partial charge in [-0.15, -0.1) is 24.0 Å². The Morgan fingerprint density at radius 1 is 1.36 bits per heavy atom. The van der Waals surface area contributed by atoms with Crippen molar-refractivity contribution in [3.63, 3.8) is 0 Å². The molecule has 0 spiro atoms. The maximum atomic E-state index is 12.2. The van der Waals surface area contributed by atoms with Crippen LogP contribution in [0.4, 0.5) is 0 Å². The van der Waals surface area contributed by atoms with Gasteiger partial charge in [0.2, 0.25) is 10.0 Å². The number of nitrogens with one attached hydrogen (secondary N) is 3. The van der Waals surface area contributed by atoms with Gasteiger partial charge in [0, 0.05) is 30.7 Å². The summed E-state index contributed by atoms with van der Waals surface area (Å²) in [5.74, 6) is 0.734. The first-order valence-corrected chi connectivity index (χ1v) is 9.05. The lowest BCUT2D eigenvalue weighted by atomic mass is 10.2. The van der Waals surface area contributed by atoms with Crippen LogP contribution in [0.2, 0.25) is 0 Å². The van der Waals surface area contributed by atoms with Gasteiger partial charge in [-0.3, -0.25) is 4.99 Å². The molecule has 1 aliphatic rings. The molecule has 1 aliphatic heterocycles. The van der Waals surface area contributed by atoms with Gasteiger partial charge < -0.3 is 10.6 Å². The van der Waals surface area contributed by atoms with Crippen molar-refractivity contribution in [1.29, 1.82) is 0 Å².